The summed E-state index contributed by atoms with van der Waals surface area (Å²) in [6.07, 6.45) is 0. The van der Waals surface area contributed by atoms with E-state index >= 15 is 0 Å². The first kappa shape index (κ1) is 11.9. The fraction of sp³-hybridized carbons (Fsp3) is 0.714. The van der Waals surface area contributed by atoms with E-state index in [1.54, 1.807) is 0 Å². The highest BCUT2D eigenvalue weighted by Crippen LogP contribution is 2.33. The van der Waals surface area contributed by atoms with Gasteiger partial charge in [-0.25, -0.2) is 4.31 Å². The van der Waals surface area contributed by atoms with Crippen LogP contribution in [0.4, 0.5) is 0 Å². The molecule has 7 nitrogen and oxygen atoms in total. The van der Waals surface area contributed by atoms with Crippen LogP contribution in [-0.4, -0.2) is 40.7 Å². The van der Waals surface area contributed by atoms with Crippen molar-refractivity contribution < 1.29 is 22.6 Å². The van der Waals surface area contributed by atoms with E-state index in [1.165, 1.54) is 20.8 Å². The van der Waals surface area contributed by atoms with Crippen molar-refractivity contribution in [1.29, 1.82) is 0 Å². The van der Waals surface area contributed by atoms with Crippen LogP contribution in [0.3, 0.4) is 0 Å². The minimum Gasteiger partial charge on any atom is -0.342 e. The van der Waals surface area contributed by atoms with Crippen LogP contribution in [-0.2, 0) is 19.9 Å². The molecule has 2 N–H and O–H groups in total. The second-order valence-electron chi connectivity index (χ2n) is 3.87. The normalized spacial score (nSPS) is 24.7. The molecule has 0 aromatic heterocycles. The van der Waals surface area contributed by atoms with Crippen LogP contribution in [0, 0.1) is 0 Å². The largest absolute Gasteiger partial charge is 0.362 e. The van der Waals surface area contributed by atoms with E-state index < -0.39 is 33.7 Å². The summed E-state index contributed by atoms with van der Waals surface area (Å²) in [5, 5.41) is 2.32. The molecule has 0 aromatic rings. The van der Waals surface area contributed by atoms with Crippen LogP contribution in [0.15, 0.2) is 0 Å². The average Bonchev–Trinajstić information content (AvgIpc) is 1.96. The van der Waals surface area contributed by atoms with Gasteiger partial charge in [0.2, 0.25) is 5.91 Å². The molecule has 1 aliphatic heterocycles. The first-order chi connectivity index (χ1) is 6.58. The van der Waals surface area contributed by atoms with Gasteiger partial charge in [0.15, 0.2) is 0 Å². The lowest BCUT2D eigenvalue weighted by molar-refractivity contribution is -0.151. The fourth-order valence-electron chi connectivity index (χ4n) is 1.61. The third kappa shape index (κ3) is 1.82. The summed E-state index contributed by atoms with van der Waals surface area (Å²) in [7, 11) is -4.56. The number of carbonyl (C=O) groups excluding carboxylic acids is 2. The number of β-lactam (4-membered cyclic amide) rings is 1. The number of hydrogen-bond acceptors (Lipinski definition) is 4. The van der Waals surface area contributed by atoms with Gasteiger partial charge in [0, 0.05) is 6.92 Å². The minimum absolute atomic E-state index is 0.348. The molecule has 1 heterocycles. The first-order valence-corrected chi connectivity index (χ1v) is 5.57. The molecule has 0 aromatic carbocycles. The highest BCUT2D eigenvalue weighted by Gasteiger charge is 2.59. The van der Waals surface area contributed by atoms with Gasteiger partial charge in [-0.2, -0.15) is 8.42 Å². The predicted octanol–water partition coefficient (Wildman–Crippen LogP) is -1.09. The van der Waals surface area contributed by atoms with E-state index in [0.717, 1.165) is 0 Å². The summed E-state index contributed by atoms with van der Waals surface area (Å²) in [6, 6.07) is -0.920. The van der Waals surface area contributed by atoms with E-state index in [1.807, 2.05) is 0 Å². The molecule has 0 aliphatic carbocycles. The zero-order chi connectivity index (χ0) is 12.0. The molecule has 1 fully saturated rings. The van der Waals surface area contributed by atoms with Crippen molar-refractivity contribution in [2.75, 3.05) is 0 Å². The molecule has 15 heavy (non-hydrogen) atoms. The molecule has 0 radical (unpaired) electrons. The maximum Gasteiger partial charge on any atom is 0.362 e. The lowest BCUT2D eigenvalue weighted by Gasteiger charge is -2.50. The van der Waals surface area contributed by atoms with Crippen molar-refractivity contribution in [3.63, 3.8) is 0 Å². The Bertz CT molecular complexity index is 413. The Morgan fingerprint density at radius 3 is 2.27 bits per heavy atom. The smallest absolute Gasteiger partial charge is 0.342 e. The zero-order valence-electron chi connectivity index (χ0n) is 8.51. The standard InChI is InChI=1S/C7H12N2O5S/c1-4(10)8-5-6(11)9(7(5,2)3)15(12,13)14/h5H,1-3H3,(H,8,10)(H,12,13,14)/t5-/m1/s1. The Morgan fingerprint density at radius 1 is 1.53 bits per heavy atom. The number of rotatable bonds is 2. The molecular weight excluding hydrogens is 224 g/mol. The molecule has 1 atom stereocenters. The molecule has 8 heteroatoms. The molecule has 1 aliphatic rings. The second kappa shape index (κ2) is 3.17. The molecule has 1 rings (SSSR count). The minimum atomic E-state index is -4.56. The van der Waals surface area contributed by atoms with Crippen LogP contribution in [0.1, 0.15) is 20.8 Å². The van der Waals surface area contributed by atoms with Crippen LogP contribution in [0.2, 0.25) is 0 Å². The van der Waals surface area contributed by atoms with Crippen molar-refractivity contribution in [2.24, 2.45) is 0 Å². The molecule has 0 bridgehead atoms. The fourth-order valence-corrected chi connectivity index (χ4v) is 2.64. The van der Waals surface area contributed by atoms with Gasteiger partial charge in [-0.15, -0.1) is 0 Å². The van der Waals surface area contributed by atoms with Gasteiger partial charge in [0.25, 0.3) is 5.91 Å². The van der Waals surface area contributed by atoms with Crippen molar-refractivity contribution in [1.82, 2.24) is 9.62 Å². The van der Waals surface area contributed by atoms with Gasteiger partial charge in [-0.3, -0.25) is 14.1 Å². The molecule has 1 saturated heterocycles. The van der Waals surface area contributed by atoms with Crippen LogP contribution in [0.25, 0.3) is 0 Å². The zero-order valence-corrected chi connectivity index (χ0v) is 9.33. The van der Waals surface area contributed by atoms with Gasteiger partial charge in [-0.1, -0.05) is 0 Å². The molecule has 2 amide bonds. The monoisotopic (exact) mass is 236 g/mol. The molecule has 0 unspecified atom stereocenters. The number of nitrogens with zero attached hydrogens (tertiary/aromatic N) is 1. The summed E-state index contributed by atoms with van der Waals surface area (Å²) in [6.45, 7) is 4.09. The Hall–Kier alpha value is -1.15. The number of amides is 2. The van der Waals surface area contributed by atoms with Crippen LogP contribution in [0.5, 0.6) is 0 Å². The van der Waals surface area contributed by atoms with Crippen LogP contribution < -0.4 is 5.32 Å². The summed E-state index contributed by atoms with van der Waals surface area (Å²) in [5.74, 6) is -1.27. The van der Waals surface area contributed by atoms with Crippen molar-refractivity contribution in [3.8, 4) is 0 Å². The molecular formula is C7H12N2O5S. The number of hydrogen-bond donors (Lipinski definition) is 2. The quantitative estimate of drug-likeness (QED) is 0.468. The Morgan fingerprint density at radius 2 is 2.00 bits per heavy atom. The number of nitrogens with one attached hydrogen (secondary N) is 1. The second-order valence-corrected chi connectivity index (χ2v) is 5.13. The predicted molar refractivity (Wildman–Crippen MR) is 50.1 cm³/mol. The van der Waals surface area contributed by atoms with Crippen molar-refractivity contribution >= 4 is 22.1 Å². The molecule has 0 spiro atoms. The maximum absolute atomic E-state index is 11.3. The van der Waals surface area contributed by atoms with E-state index in [0.29, 0.717) is 4.31 Å². The van der Waals surface area contributed by atoms with E-state index in [2.05, 4.69) is 5.32 Å². The van der Waals surface area contributed by atoms with Crippen LogP contribution >= 0.6 is 0 Å². The van der Waals surface area contributed by atoms with Gasteiger partial charge in [-0.05, 0) is 13.8 Å². The van der Waals surface area contributed by atoms with Gasteiger partial charge in [0.05, 0.1) is 5.54 Å². The maximum atomic E-state index is 11.3. The Balaban J connectivity index is 2.96. The summed E-state index contributed by atoms with van der Waals surface area (Å²) in [5.41, 5.74) is -1.14. The Labute approximate surface area is 87.3 Å². The van der Waals surface area contributed by atoms with E-state index in [9.17, 15) is 18.0 Å². The van der Waals surface area contributed by atoms with E-state index in [4.69, 9.17) is 4.55 Å². The van der Waals surface area contributed by atoms with Gasteiger partial charge >= 0.3 is 10.3 Å². The third-order valence-corrected chi connectivity index (χ3v) is 3.37. The lowest BCUT2D eigenvalue weighted by atomic mass is 9.85. The highest BCUT2D eigenvalue weighted by atomic mass is 32.2. The summed E-state index contributed by atoms with van der Waals surface area (Å²) in [4.78, 5) is 22.1. The summed E-state index contributed by atoms with van der Waals surface area (Å²) < 4.78 is 30.7. The van der Waals surface area contributed by atoms with E-state index in [-0.39, 0.29) is 0 Å². The number of carbonyl (C=O) groups is 2. The molecule has 0 saturated carbocycles. The SMILES string of the molecule is CC(=O)N[C@@H]1C(=O)N(S(=O)(=O)O)C1(C)C. The summed E-state index contributed by atoms with van der Waals surface area (Å²) >= 11 is 0. The topological polar surface area (TPSA) is 104 Å². The third-order valence-electron chi connectivity index (χ3n) is 2.26. The lowest BCUT2D eigenvalue weighted by Crippen LogP contribution is -2.77. The van der Waals surface area contributed by atoms with Gasteiger partial charge < -0.3 is 5.32 Å². The Kier molecular flexibility index (Phi) is 2.52. The average molecular weight is 236 g/mol. The first-order valence-electron chi connectivity index (χ1n) is 4.17. The van der Waals surface area contributed by atoms with Crippen molar-refractivity contribution in [2.45, 2.75) is 32.4 Å². The highest BCUT2D eigenvalue weighted by molar-refractivity contribution is 7.84. The van der Waals surface area contributed by atoms with Gasteiger partial charge in [0.1, 0.15) is 6.04 Å². The van der Waals surface area contributed by atoms with Crippen molar-refractivity contribution in [3.05, 3.63) is 0 Å². The molecule has 86 valence electrons.